The predicted octanol–water partition coefficient (Wildman–Crippen LogP) is 2.52. The maximum atomic E-state index is 12.1. The molecule has 0 aliphatic carbocycles. The van der Waals surface area contributed by atoms with E-state index in [0.717, 1.165) is 0 Å². The molecule has 0 spiro atoms. The second-order valence-corrected chi connectivity index (χ2v) is 3.50. The Morgan fingerprint density at radius 3 is 2.67 bits per heavy atom. The predicted molar refractivity (Wildman–Crippen MR) is 53.7 cm³/mol. The monoisotopic (exact) mass is 236 g/mol. The Hall–Kier alpha value is -0.870. The molecule has 0 saturated heterocycles. The number of hydrogen-bond donors (Lipinski definition) is 1. The van der Waals surface area contributed by atoms with Crippen molar-refractivity contribution >= 4 is 11.6 Å². The summed E-state index contributed by atoms with van der Waals surface area (Å²) in [5, 5.41) is 9.47. The van der Waals surface area contributed by atoms with Crippen LogP contribution >= 0.6 is 11.6 Å². The van der Waals surface area contributed by atoms with Crippen LogP contribution in [0.5, 0.6) is 5.75 Å². The van der Waals surface area contributed by atoms with E-state index in [1.807, 2.05) is 0 Å². The average Bonchev–Trinajstić information content (AvgIpc) is 2.18. The molecule has 84 valence electrons. The Labute approximate surface area is 91.4 Å². The number of halogens is 3. The quantitative estimate of drug-likeness (QED) is 0.871. The fraction of sp³-hybridized carbons (Fsp3) is 0.400. The van der Waals surface area contributed by atoms with Crippen LogP contribution in [-0.2, 0) is 6.42 Å². The highest BCUT2D eigenvalue weighted by molar-refractivity contribution is 6.30. The van der Waals surface area contributed by atoms with Gasteiger partial charge in [-0.1, -0.05) is 11.6 Å². The molecule has 1 aromatic carbocycles. The summed E-state index contributed by atoms with van der Waals surface area (Å²) < 4.78 is 29.2. The van der Waals surface area contributed by atoms with Crippen LogP contribution in [0.3, 0.4) is 0 Å². The summed E-state index contributed by atoms with van der Waals surface area (Å²) in [6.45, 7) is 0. The fourth-order valence-corrected chi connectivity index (χ4v) is 1.42. The molecule has 5 heteroatoms. The Bertz CT molecular complexity index is 331. The molecule has 0 fully saturated rings. The van der Waals surface area contributed by atoms with Gasteiger partial charge in [0, 0.05) is 11.4 Å². The number of ether oxygens (including phenoxy) is 1. The van der Waals surface area contributed by atoms with Crippen molar-refractivity contribution in [2.45, 2.75) is 19.0 Å². The number of aliphatic hydroxyl groups excluding tert-OH is 1. The molecule has 1 atom stereocenters. The molecule has 1 aromatic rings. The topological polar surface area (TPSA) is 29.5 Å². The third-order valence-corrected chi connectivity index (χ3v) is 2.20. The molecular formula is C10H11ClF2O2. The van der Waals surface area contributed by atoms with E-state index in [0.29, 0.717) is 16.3 Å². The first kappa shape index (κ1) is 12.2. The lowest BCUT2D eigenvalue weighted by Gasteiger charge is -2.12. The number of benzene rings is 1. The Morgan fingerprint density at radius 1 is 1.47 bits per heavy atom. The maximum Gasteiger partial charge on any atom is 0.264 e. The third-order valence-electron chi connectivity index (χ3n) is 1.96. The molecule has 0 aliphatic rings. The van der Waals surface area contributed by atoms with Gasteiger partial charge in [0.25, 0.3) is 6.43 Å². The van der Waals surface area contributed by atoms with E-state index in [1.54, 1.807) is 12.1 Å². The van der Waals surface area contributed by atoms with E-state index in [1.165, 1.54) is 13.2 Å². The van der Waals surface area contributed by atoms with Gasteiger partial charge >= 0.3 is 0 Å². The smallest absolute Gasteiger partial charge is 0.264 e. The van der Waals surface area contributed by atoms with Crippen LogP contribution in [-0.4, -0.2) is 24.7 Å². The van der Waals surface area contributed by atoms with Crippen molar-refractivity contribution < 1.29 is 18.6 Å². The van der Waals surface area contributed by atoms with Gasteiger partial charge in [0.2, 0.25) is 0 Å². The molecule has 0 amide bonds. The van der Waals surface area contributed by atoms with Gasteiger partial charge in [-0.3, -0.25) is 0 Å². The van der Waals surface area contributed by atoms with Crippen molar-refractivity contribution in [3.8, 4) is 5.75 Å². The van der Waals surface area contributed by atoms with Crippen LogP contribution in [0.15, 0.2) is 18.2 Å². The molecule has 2 nitrogen and oxygen atoms in total. The SMILES string of the molecule is COc1ccc(Cl)cc1CC(O)C(F)F. The van der Waals surface area contributed by atoms with E-state index in [4.69, 9.17) is 21.4 Å². The molecular weight excluding hydrogens is 226 g/mol. The molecule has 0 bridgehead atoms. The van der Waals surface area contributed by atoms with Crippen LogP contribution in [0.4, 0.5) is 8.78 Å². The van der Waals surface area contributed by atoms with Gasteiger partial charge in [-0.25, -0.2) is 8.78 Å². The van der Waals surface area contributed by atoms with Crippen molar-refractivity contribution in [1.29, 1.82) is 0 Å². The van der Waals surface area contributed by atoms with Gasteiger partial charge < -0.3 is 9.84 Å². The van der Waals surface area contributed by atoms with E-state index < -0.39 is 12.5 Å². The lowest BCUT2D eigenvalue weighted by Crippen LogP contribution is -2.20. The molecule has 0 aliphatic heterocycles. The molecule has 15 heavy (non-hydrogen) atoms. The lowest BCUT2D eigenvalue weighted by molar-refractivity contribution is -0.00390. The largest absolute Gasteiger partial charge is 0.496 e. The highest BCUT2D eigenvalue weighted by atomic mass is 35.5. The minimum Gasteiger partial charge on any atom is -0.496 e. The summed E-state index contributed by atoms with van der Waals surface area (Å²) >= 11 is 5.71. The van der Waals surface area contributed by atoms with Crippen molar-refractivity contribution in [2.75, 3.05) is 7.11 Å². The number of hydrogen-bond acceptors (Lipinski definition) is 2. The van der Waals surface area contributed by atoms with Crippen molar-refractivity contribution in [3.63, 3.8) is 0 Å². The number of rotatable bonds is 4. The Kier molecular flexibility index (Phi) is 4.29. The zero-order chi connectivity index (χ0) is 11.4. The summed E-state index contributed by atoms with van der Waals surface area (Å²) in [7, 11) is 1.43. The minimum absolute atomic E-state index is 0.179. The van der Waals surface area contributed by atoms with Crippen molar-refractivity contribution in [2.24, 2.45) is 0 Å². The second kappa shape index (κ2) is 5.28. The number of alkyl halides is 2. The van der Waals surface area contributed by atoms with E-state index in [-0.39, 0.29) is 6.42 Å². The molecule has 1 rings (SSSR count). The van der Waals surface area contributed by atoms with Gasteiger partial charge in [0.1, 0.15) is 11.9 Å². The highest BCUT2D eigenvalue weighted by Gasteiger charge is 2.19. The van der Waals surface area contributed by atoms with Gasteiger partial charge in [-0.15, -0.1) is 0 Å². The highest BCUT2D eigenvalue weighted by Crippen LogP contribution is 2.24. The normalized spacial score (nSPS) is 12.9. The van der Waals surface area contributed by atoms with Crippen LogP contribution < -0.4 is 4.74 Å². The average molecular weight is 237 g/mol. The Morgan fingerprint density at radius 2 is 2.13 bits per heavy atom. The number of aliphatic hydroxyl groups is 1. The second-order valence-electron chi connectivity index (χ2n) is 3.06. The summed E-state index contributed by atoms with van der Waals surface area (Å²) in [5.74, 6) is 0.444. The maximum absolute atomic E-state index is 12.1. The lowest BCUT2D eigenvalue weighted by atomic mass is 10.1. The molecule has 1 unspecified atom stereocenters. The standard InChI is InChI=1S/C10H11ClF2O2/c1-15-9-3-2-7(11)4-6(9)5-8(14)10(12)13/h2-4,8,10,14H,5H2,1H3. The molecule has 0 radical (unpaired) electrons. The summed E-state index contributed by atoms with van der Waals surface area (Å²) in [6, 6.07) is 4.68. The molecule has 0 heterocycles. The molecule has 0 saturated carbocycles. The first-order valence-corrected chi connectivity index (χ1v) is 4.71. The number of methoxy groups -OCH3 is 1. The van der Waals surface area contributed by atoms with Crippen molar-refractivity contribution in [3.05, 3.63) is 28.8 Å². The van der Waals surface area contributed by atoms with Crippen LogP contribution in [0.25, 0.3) is 0 Å². The van der Waals surface area contributed by atoms with Crippen molar-refractivity contribution in [1.82, 2.24) is 0 Å². The van der Waals surface area contributed by atoms with Crippen LogP contribution in [0.2, 0.25) is 5.02 Å². The fourth-order valence-electron chi connectivity index (χ4n) is 1.22. The van der Waals surface area contributed by atoms with Crippen LogP contribution in [0.1, 0.15) is 5.56 Å². The molecule has 1 N–H and O–H groups in total. The van der Waals surface area contributed by atoms with Gasteiger partial charge in [-0.2, -0.15) is 0 Å². The summed E-state index contributed by atoms with van der Waals surface area (Å²) in [6.07, 6.45) is -4.65. The zero-order valence-corrected chi connectivity index (χ0v) is 8.84. The summed E-state index contributed by atoms with van der Waals surface area (Å²) in [4.78, 5) is 0. The minimum atomic E-state index is -2.77. The third kappa shape index (κ3) is 3.32. The molecule has 0 aromatic heterocycles. The van der Waals surface area contributed by atoms with Gasteiger partial charge in [0.15, 0.2) is 0 Å². The van der Waals surface area contributed by atoms with E-state index in [2.05, 4.69) is 0 Å². The van der Waals surface area contributed by atoms with E-state index >= 15 is 0 Å². The van der Waals surface area contributed by atoms with E-state index in [9.17, 15) is 8.78 Å². The van der Waals surface area contributed by atoms with Gasteiger partial charge in [-0.05, 0) is 23.8 Å². The summed E-state index contributed by atoms with van der Waals surface area (Å²) in [5.41, 5.74) is 0.470. The first-order chi connectivity index (χ1) is 7.04. The van der Waals surface area contributed by atoms with Gasteiger partial charge in [0.05, 0.1) is 7.11 Å². The van der Waals surface area contributed by atoms with Crippen LogP contribution in [0, 0.1) is 0 Å². The Balaban J connectivity index is 2.87. The zero-order valence-electron chi connectivity index (χ0n) is 8.08. The first-order valence-electron chi connectivity index (χ1n) is 4.33.